The van der Waals surface area contributed by atoms with Crippen molar-refractivity contribution in [3.8, 4) is 12.3 Å². The van der Waals surface area contributed by atoms with Crippen molar-refractivity contribution in [2.75, 3.05) is 0 Å². The molecule has 0 aromatic rings. The second-order valence-corrected chi connectivity index (χ2v) is 3.96. The summed E-state index contributed by atoms with van der Waals surface area (Å²) in [6, 6.07) is -0.850. The van der Waals surface area contributed by atoms with E-state index in [1.807, 2.05) is 0 Å². The van der Waals surface area contributed by atoms with Crippen molar-refractivity contribution in [2.45, 2.75) is 38.8 Å². The summed E-state index contributed by atoms with van der Waals surface area (Å²) in [5.41, 5.74) is -0.632. The van der Waals surface area contributed by atoms with Crippen molar-refractivity contribution in [3.05, 3.63) is 0 Å². The fourth-order valence-corrected chi connectivity index (χ4v) is 0.776. The predicted octanol–water partition coefficient (Wildman–Crippen LogP) is 0.988. The molecular formula is C10H15NO4. The summed E-state index contributed by atoms with van der Waals surface area (Å²) >= 11 is 0. The lowest BCUT2D eigenvalue weighted by molar-refractivity contribution is -0.137. The van der Waals surface area contributed by atoms with E-state index in [4.69, 9.17) is 16.3 Å². The van der Waals surface area contributed by atoms with Gasteiger partial charge in [-0.15, -0.1) is 6.42 Å². The maximum atomic E-state index is 11.2. The molecule has 0 aliphatic carbocycles. The zero-order chi connectivity index (χ0) is 12.1. The van der Waals surface area contributed by atoms with Crippen molar-refractivity contribution in [2.24, 2.45) is 0 Å². The Labute approximate surface area is 88.8 Å². The summed E-state index contributed by atoms with van der Waals surface area (Å²) < 4.78 is 4.91. The first kappa shape index (κ1) is 13.3. The van der Waals surface area contributed by atoms with Gasteiger partial charge in [0, 0.05) is 0 Å². The fourth-order valence-electron chi connectivity index (χ4n) is 0.776. The first-order chi connectivity index (χ1) is 6.74. The van der Waals surface area contributed by atoms with Crippen LogP contribution in [0, 0.1) is 12.3 Å². The molecule has 0 aromatic heterocycles. The van der Waals surface area contributed by atoms with Crippen LogP contribution < -0.4 is 5.32 Å². The first-order valence-electron chi connectivity index (χ1n) is 4.42. The third-order valence-corrected chi connectivity index (χ3v) is 1.27. The number of hydrogen-bond donors (Lipinski definition) is 2. The highest BCUT2D eigenvalue weighted by molar-refractivity contribution is 5.72. The molecule has 2 N–H and O–H groups in total. The molecular weight excluding hydrogens is 198 g/mol. The van der Waals surface area contributed by atoms with Crippen LogP contribution in [-0.2, 0) is 9.53 Å². The van der Waals surface area contributed by atoms with Gasteiger partial charge >= 0.3 is 12.1 Å². The number of hydrogen-bond acceptors (Lipinski definition) is 3. The minimum absolute atomic E-state index is 0.324. The molecule has 15 heavy (non-hydrogen) atoms. The molecule has 0 rings (SSSR count). The fraction of sp³-hybridized carbons (Fsp3) is 0.600. The van der Waals surface area contributed by atoms with E-state index in [1.165, 1.54) is 0 Å². The smallest absolute Gasteiger partial charge is 0.408 e. The van der Waals surface area contributed by atoms with Crippen LogP contribution in [0.3, 0.4) is 0 Å². The Morgan fingerprint density at radius 1 is 1.53 bits per heavy atom. The lowest BCUT2D eigenvalue weighted by atomic mass is 10.2. The molecule has 0 radical (unpaired) electrons. The van der Waals surface area contributed by atoms with E-state index in [0.29, 0.717) is 0 Å². The third-order valence-electron chi connectivity index (χ3n) is 1.27. The Hall–Kier alpha value is -1.70. The zero-order valence-corrected chi connectivity index (χ0v) is 9.03. The van der Waals surface area contributed by atoms with Crippen molar-refractivity contribution in [1.82, 2.24) is 5.32 Å². The Bertz CT molecular complexity index is 285. The van der Waals surface area contributed by atoms with E-state index in [0.717, 1.165) is 0 Å². The van der Waals surface area contributed by atoms with Crippen LogP contribution in [0.5, 0.6) is 0 Å². The summed E-state index contributed by atoms with van der Waals surface area (Å²) in [5.74, 6) is 1.08. The minimum atomic E-state index is -1.07. The Balaban J connectivity index is 4.15. The summed E-state index contributed by atoms with van der Waals surface area (Å²) in [6.07, 6.45) is 4.01. The van der Waals surface area contributed by atoms with Gasteiger partial charge in [-0.1, -0.05) is 5.92 Å². The van der Waals surface area contributed by atoms with Crippen molar-refractivity contribution in [1.29, 1.82) is 0 Å². The molecule has 5 nitrogen and oxygen atoms in total. The number of nitrogens with one attached hydrogen (secondary N) is 1. The van der Waals surface area contributed by atoms with Crippen molar-refractivity contribution in [3.63, 3.8) is 0 Å². The molecule has 0 aromatic carbocycles. The lowest BCUT2D eigenvalue weighted by Crippen LogP contribution is -2.39. The molecule has 1 unspecified atom stereocenters. The second kappa shape index (κ2) is 5.25. The van der Waals surface area contributed by atoms with Crippen molar-refractivity contribution >= 4 is 12.1 Å². The molecule has 0 heterocycles. The maximum Gasteiger partial charge on any atom is 0.408 e. The third kappa shape index (κ3) is 7.38. The topological polar surface area (TPSA) is 75.6 Å². The van der Waals surface area contributed by atoms with Gasteiger partial charge in [0.2, 0.25) is 0 Å². The van der Waals surface area contributed by atoms with E-state index >= 15 is 0 Å². The van der Waals surface area contributed by atoms with E-state index in [-0.39, 0.29) is 6.42 Å². The van der Waals surface area contributed by atoms with Gasteiger partial charge in [-0.25, -0.2) is 4.79 Å². The number of ether oxygens (including phenoxy) is 1. The number of terminal acetylenes is 1. The normalized spacial score (nSPS) is 12.4. The largest absolute Gasteiger partial charge is 0.481 e. The summed E-state index contributed by atoms with van der Waals surface area (Å²) in [5, 5.41) is 10.7. The van der Waals surface area contributed by atoms with Crippen LogP contribution in [0.1, 0.15) is 27.2 Å². The van der Waals surface area contributed by atoms with Gasteiger partial charge in [0.25, 0.3) is 0 Å². The van der Waals surface area contributed by atoms with E-state index in [1.54, 1.807) is 20.8 Å². The minimum Gasteiger partial charge on any atom is -0.481 e. The lowest BCUT2D eigenvalue weighted by Gasteiger charge is -2.21. The van der Waals surface area contributed by atoms with E-state index < -0.39 is 23.7 Å². The standard InChI is InChI=1S/C10H15NO4/c1-5-7(6-8(12)13)11-9(14)15-10(2,3)4/h1,7H,6H2,2-4H3,(H,11,14)(H,12,13). The van der Waals surface area contributed by atoms with Gasteiger partial charge in [0.15, 0.2) is 0 Å². The number of carbonyl (C=O) groups excluding carboxylic acids is 1. The Kier molecular flexibility index (Phi) is 4.65. The summed E-state index contributed by atoms with van der Waals surface area (Å²) in [7, 11) is 0. The molecule has 1 atom stereocenters. The number of rotatable bonds is 3. The van der Waals surface area contributed by atoms with Crippen LogP contribution in [0.2, 0.25) is 0 Å². The molecule has 0 bridgehead atoms. The molecule has 0 saturated carbocycles. The monoisotopic (exact) mass is 213 g/mol. The van der Waals surface area contributed by atoms with Gasteiger partial charge in [-0.05, 0) is 20.8 Å². The van der Waals surface area contributed by atoms with Crippen LogP contribution >= 0.6 is 0 Å². The quantitative estimate of drug-likeness (QED) is 0.685. The molecule has 84 valence electrons. The van der Waals surface area contributed by atoms with Crippen LogP contribution in [0.15, 0.2) is 0 Å². The van der Waals surface area contributed by atoms with E-state index in [9.17, 15) is 9.59 Å². The van der Waals surface area contributed by atoms with Gasteiger partial charge in [0.1, 0.15) is 11.6 Å². The molecule has 0 spiro atoms. The number of carboxylic acids is 1. The second-order valence-electron chi connectivity index (χ2n) is 3.96. The highest BCUT2D eigenvalue weighted by atomic mass is 16.6. The van der Waals surface area contributed by atoms with Crippen molar-refractivity contribution < 1.29 is 19.4 Å². The Morgan fingerprint density at radius 2 is 2.07 bits per heavy atom. The highest BCUT2D eigenvalue weighted by Crippen LogP contribution is 2.06. The number of aliphatic carboxylic acids is 1. The first-order valence-corrected chi connectivity index (χ1v) is 4.42. The molecule has 0 saturated heterocycles. The summed E-state index contributed by atoms with van der Waals surface area (Å²) in [6.45, 7) is 5.11. The number of amides is 1. The van der Waals surface area contributed by atoms with Gasteiger partial charge in [-0.3, -0.25) is 4.79 Å². The maximum absolute atomic E-state index is 11.2. The SMILES string of the molecule is C#CC(CC(=O)O)NC(=O)OC(C)(C)C. The molecule has 5 heteroatoms. The van der Waals surface area contributed by atoms with E-state index in [2.05, 4.69) is 11.2 Å². The molecule has 1 amide bonds. The van der Waals surface area contributed by atoms with Crippen LogP contribution in [0.25, 0.3) is 0 Å². The molecule has 0 fully saturated rings. The average molecular weight is 213 g/mol. The number of carboxylic acid groups (broad SMARTS) is 1. The van der Waals surface area contributed by atoms with Gasteiger partial charge < -0.3 is 15.2 Å². The molecule has 0 aliphatic rings. The van der Waals surface area contributed by atoms with Crippen LogP contribution in [-0.4, -0.2) is 28.8 Å². The van der Waals surface area contributed by atoms with Gasteiger partial charge in [0.05, 0.1) is 6.42 Å². The van der Waals surface area contributed by atoms with Crippen LogP contribution in [0.4, 0.5) is 4.79 Å². The highest BCUT2D eigenvalue weighted by Gasteiger charge is 2.19. The van der Waals surface area contributed by atoms with Gasteiger partial charge in [-0.2, -0.15) is 0 Å². The molecule has 0 aliphatic heterocycles. The zero-order valence-electron chi connectivity index (χ0n) is 9.03. The number of carbonyl (C=O) groups is 2. The predicted molar refractivity (Wildman–Crippen MR) is 54.2 cm³/mol. The summed E-state index contributed by atoms with van der Waals surface area (Å²) in [4.78, 5) is 21.5. The number of alkyl carbamates (subject to hydrolysis) is 1. The Morgan fingerprint density at radius 3 is 2.40 bits per heavy atom. The average Bonchev–Trinajstić information content (AvgIpc) is 1.98.